The van der Waals surface area contributed by atoms with Gasteiger partial charge in [0.05, 0.1) is 0 Å². The van der Waals surface area contributed by atoms with Crippen LogP contribution in [0.5, 0.6) is 5.75 Å². The normalized spacial score (nSPS) is 10.2. The Labute approximate surface area is 95.7 Å². The van der Waals surface area contributed by atoms with E-state index in [0.717, 1.165) is 5.56 Å². The zero-order chi connectivity index (χ0) is 12.1. The van der Waals surface area contributed by atoms with Crippen molar-refractivity contribution in [3.05, 3.63) is 29.3 Å². The number of hydrogen-bond donors (Lipinski definition) is 2. The lowest BCUT2D eigenvalue weighted by Crippen LogP contribution is -2.35. The molecule has 0 unspecified atom stereocenters. The Kier molecular flexibility index (Phi) is 4.31. The van der Waals surface area contributed by atoms with Gasteiger partial charge in [0.15, 0.2) is 0 Å². The number of carbonyl (C=O) groups excluding carboxylic acids is 1. The third-order valence-electron chi connectivity index (χ3n) is 2.51. The van der Waals surface area contributed by atoms with Gasteiger partial charge in [0.25, 0.3) is 5.91 Å². The summed E-state index contributed by atoms with van der Waals surface area (Å²) >= 11 is 0. The summed E-state index contributed by atoms with van der Waals surface area (Å²) < 4.78 is 0. The Hall–Kier alpha value is -1.55. The van der Waals surface area contributed by atoms with Crippen LogP contribution in [0.3, 0.4) is 0 Å². The van der Waals surface area contributed by atoms with Crippen LogP contribution in [-0.2, 0) is 0 Å². The number of likely N-dealkylation sites (N-methyl/N-ethyl adjacent to an activating group) is 1. The number of carbonyl (C=O) groups is 1. The predicted molar refractivity (Wildman–Crippen MR) is 63.5 cm³/mol. The molecule has 0 saturated carbocycles. The van der Waals surface area contributed by atoms with Crippen molar-refractivity contribution >= 4 is 5.91 Å². The summed E-state index contributed by atoms with van der Waals surface area (Å²) in [6.07, 6.45) is 0. The number of amides is 1. The summed E-state index contributed by atoms with van der Waals surface area (Å²) in [6.45, 7) is 5.37. The monoisotopic (exact) mass is 222 g/mol. The van der Waals surface area contributed by atoms with Crippen molar-refractivity contribution in [1.29, 1.82) is 0 Å². The van der Waals surface area contributed by atoms with Gasteiger partial charge in [-0.05, 0) is 37.6 Å². The molecule has 0 fully saturated rings. The van der Waals surface area contributed by atoms with Gasteiger partial charge in [-0.25, -0.2) is 0 Å². The number of phenols is 1. The minimum absolute atomic E-state index is 0.0366. The van der Waals surface area contributed by atoms with E-state index in [-0.39, 0.29) is 11.7 Å². The summed E-state index contributed by atoms with van der Waals surface area (Å²) in [6, 6.07) is 4.76. The fourth-order valence-electron chi connectivity index (χ4n) is 1.62. The number of hydrogen-bond acceptors (Lipinski definition) is 3. The van der Waals surface area contributed by atoms with Crippen LogP contribution in [0.2, 0.25) is 0 Å². The number of rotatable bonds is 4. The van der Waals surface area contributed by atoms with E-state index >= 15 is 0 Å². The fourth-order valence-corrected chi connectivity index (χ4v) is 1.62. The lowest BCUT2D eigenvalue weighted by molar-refractivity contribution is 0.0768. The highest BCUT2D eigenvalue weighted by atomic mass is 16.3. The number of nitrogens with zero attached hydrogens (tertiary/aromatic N) is 1. The first-order valence-electron chi connectivity index (χ1n) is 5.39. The van der Waals surface area contributed by atoms with E-state index in [2.05, 4.69) is 0 Å². The molecule has 0 saturated heterocycles. The Bertz CT molecular complexity index is 377. The molecule has 0 heterocycles. The Balaban J connectivity index is 2.94. The van der Waals surface area contributed by atoms with E-state index in [1.54, 1.807) is 17.0 Å². The Morgan fingerprint density at radius 2 is 2.19 bits per heavy atom. The van der Waals surface area contributed by atoms with Gasteiger partial charge in [-0.3, -0.25) is 4.79 Å². The van der Waals surface area contributed by atoms with Gasteiger partial charge in [-0.1, -0.05) is 0 Å². The van der Waals surface area contributed by atoms with Crippen LogP contribution < -0.4 is 5.73 Å². The first-order valence-corrected chi connectivity index (χ1v) is 5.39. The molecule has 0 radical (unpaired) electrons. The number of aryl methyl sites for hydroxylation is 1. The second-order valence-electron chi connectivity index (χ2n) is 3.67. The highest BCUT2D eigenvalue weighted by molar-refractivity contribution is 5.95. The summed E-state index contributed by atoms with van der Waals surface area (Å²) in [4.78, 5) is 13.8. The van der Waals surface area contributed by atoms with Crippen molar-refractivity contribution < 1.29 is 9.90 Å². The van der Waals surface area contributed by atoms with Crippen molar-refractivity contribution in [2.24, 2.45) is 5.73 Å². The van der Waals surface area contributed by atoms with Gasteiger partial charge in [0, 0.05) is 25.2 Å². The molecule has 3 N–H and O–H groups in total. The van der Waals surface area contributed by atoms with Gasteiger partial charge in [0.2, 0.25) is 0 Å². The first kappa shape index (κ1) is 12.5. The van der Waals surface area contributed by atoms with E-state index in [1.165, 1.54) is 6.07 Å². The molecule has 0 bridgehead atoms. The summed E-state index contributed by atoms with van der Waals surface area (Å²) in [5.41, 5.74) is 6.85. The third-order valence-corrected chi connectivity index (χ3v) is 2.51. The molecule has 0 spiro atoms. The predicted octanol–water partition coefficient (Wildman–Crippen LogP) is 1.12. The number of benzene rings is 1. The van der Waals surface area contributed by atoms with Crippen molar-refractivity contribution in [2.75, 3.05) is 19.6 Å². The van der Waals surface area contributed by atoms with Gasteiger partial charge < -0.3 is 15.7 Å². The number of nitrogens with two attached hydrogens (primary N) is 1. The maximum absolute atomic E-state index is 12.1. The van der Waals surface area contributed by atoms with E-state index in [9.17, 15) is 9.90 Å². The van der Waals surface area contributed by atoms with Crippen LogP contribution in [0.4, 0.5) is 0 Å². The van der Waals surface area contributed by atoms with Crippen LogP contribution in [0.25, 0.3) is 0 Å². The third kappa shape index (κ3) is 2.73. The van der Waals surface area contributed by atoms with Crippen molar-refractivity contribution in [1.82, 2.24) is 4.90 Å². The molecule has 0 aromatic heterocycles. The maximum Gasteiger partial charge on any atom is 0.254 e. The van der Waals surface area contributed by atoms with E-state index in [1.807, 2.05) is 13.8 Å². The van der Waals surface area contributed by atoms with Crippen molar-refractivity contribution in [3.8, 4) is 5.75 Å². The van der Waals surface area contributed by atoms with Gasteiger partial charge in [-0.15, -0.1) is 0 Å². The van der Waals surface area contributed by atoms with Gasteiger partial charge in [-0.2, -0.15) is 0 Å². The molecular formula is C12H18N2O2. The largest absolute Gasteiger partial charge is 0.508 e. The minimum atomic E-state index is -0.0366. The number of phenolic OH excluding ortho intramolecular Hbond substituents is 1. The van der Waals surface area contributed by atoms with Crippen LogP contribution in [-0.4, -0.2) is 35.5 Å². The van der Waals surface area contributed by atoms with E-state index in [4.69, 9.17) is 5.73 Å². The number of aromatic hydroxyl groups is 1. The van der Waals surface area contributed by atoms with Crippen molar-refractivity contribution in [3.63, 3.8) is 0 Å². The molecule has 1 aromatic carbocycles. The molecule has 16 heavy (non-hydrogen) atoms. The lowest BCUT2D eigenvalue weighted by Gasteiger charge is -2.20. The smallest absolute Gasteiger partial charge is 0.254 e. The van der Waals surface area contributed by atoms with Gasteiger partial charge in [0.1, 0.15) is 5.75 Å². The van der Waals surface area contributed by atoms with Crippen molar-refractivity contribution in [2.45, 2.75) is 13.8 Å². The van der Waals surface area contributed by atoms with E-state index < -0.39 is 0 Å². The van der Waals surface area contributed by atoms with Crippen LogP contribution in [0, 0.1) is 6.92 Å². The molecule has 0 atom stereocenters. The second kappa shape index (κ2) is 5.51. The SMILES string of the molecule is CCN(CCN)C(=O)c1ccc(O)cc1C. The standard InChI is InChI=1S/C12H18N2O2/c1-3-14(7-6-13)12(16)11-5-4-10(15)8-9(11)2/h4-5,8,15H,3,6-7,13H2,1-2H3. The molecule has 4 heteroatoms. The molecule has 1 rings (SSSR count). The summed E-state index contributed by atoms with van der Waals surface area (Å²) in [7, 11) is 0. The molecule has 1 amide bonds. The topological polar surface area (TPSA) is 66.6 Å². The molecule has 0 aliphatic carbocycles. The molecule has 88 valence electrons. The van der Waals surface area contributed by atoms with Gasteiger partial charge >= 0.3 is 0 Å². The first-order chi connectivity index (χ1) is 7.60. The zero-order valence-electron chi connectivity index (χ0n) is 9.73. The Morgan fingerprint density at radius 3 is 2.69 bits per heavy atom. The lowest BCUT2D eigenvalue weighted by atomic mass is 10.1. The summed E-state index contributed by atoms with van der Waals surface area (Å²) in [5, 5.41) is 9.27. The fraction of sp³-hybridized carbons (Fsp3) is 0.417. The minimum Gasteiger partial charge on any atom is -0.508 e. The molecule has 0 aliphatic heterocycles. The molecule has 1 aromatic rings. The molecule has 4 nitrogen and oxygen atoms in total. The average Bonchev–Trinajstić information content (AvgIpc) is 2.25. The van der Waals surface area contributed by atoms with E-state index in [0.29, 0.717) is 25.2 Å². The average molecular weight is 222 g/mol. The van der Waals surface area contributed by atoms with Crippen LogP contribution >= 0.6 is 0 Å². The molecule has 0 aliphatic rings. The highest BCUT2D eigenvalue weighted by Crippen LogP contribution is 2.17. The zero-order valence-corrected chi connectivity index (χ0v) is 9.73. The second-order valence-corrected chi connectivity index (χ2v) is 3.67. The summed E-state index contributed by atoms with van der Waals surface area (Å²) in [5.74, 6) is 0.140. The van der Waals surface area contributed by atoms with Crippen LogP contribution in [0.15, 0.2) is 18.2 Å². The molecular weight excluding hydrogens is 204 g/mol. The highest BCUT2D eigenvalue weighted by Gasteiger charge is 2.15. The maximum atomic E-state index is 12.1. The van der Waals surface area contributed by atoms with Crippen LogP contribution in [0.1, 0.15) is 22.8 Å². The Morgan fingerprint density at radius 1 is 1.50 bits per heavy atom. The quantitative estimate of drug-likeness (QED) is 0.802.